The summed E-state index contributed by atoms with van der Waals surface area (Å²) in [6.07, 6.45) is -5.39. The van der Waals surface area contributed by atoms with Crippen LogP contribution < -0.4 is 28.6 Å². The molecule has 9 rings (SSSR count). The third-order valence-electron chi connectivity index (χ3n) is 14.2. The van der Waals surface area contributed by atoms with Gasteiger partial charge in [0.1, 0.15) is 55.4 Å². The number of hydrogen-bond acceptors (Lipinski definition) is 16. The molecule has 0 N–H and O–H groups in total. The molecule has 0 bridgehead atoms. The summed E-state index contributed by atoms with van der Waals surface area (Å²) in [7, 11) is -5.12. The second-order valence-corrected chi connectivity index (χ2v) is 26.3. The Labute approximate surface area is 548 Å². The van der Waals surface area contributed by atoms with Crippen LogP contribution in [0.5, 0.6) is 17.2 Å². The van der Waals surface area contributed by atoms with Crippen LogP contribution in [0.2, 0.25) is 0 Å². The predicted molar refractivity (Wildman–Crippen MR) is 337 cm³/mol. The molecule has 0 unspecified atom stereocenters. The van der Waals surface area contributed by atoms with Gasteiger partial charge < -0.3 is 27.9 Å². The molecule has 9 aromatic rings. The summed E-state index contributed by atoms with van der Waals surface area (Å²) in [5.74, 6) is -4.51. The van der Waals surface area contributed by atoms with Gasteiger partial charge in [0.05, 0.1) is 82.6 Å². The van der Waals surface area contributed by atoms with E-state index in [4.69, 9.17) is 27.8 Å². The normalized spacial score (nSPS) is 14.1. The number of unbranched alkanes of at least 4 members (excludes halogenated alkanes) is 3. The number of phosphoric ester groups is 1. The first kappa shape index (κ1) is 71.4. The van der Waals surface area contributed by atoms with E-state index in [0.29, 0.717) is 106 Å². The highest BCUT2D eigenvalue weighted by atomic mass is 32.1. The van der Waals surface area contributed by atoms with Gasteiger partial charge in [-0.1, -0.05) is 74.0 Å². The van der Waals surface area contributed by atoms with E-state index in [1.807, 2.05) is 20.8 Å². The SMILES string of the molecule is CCCCn1/c(=N/C(=O)c2cc(C(F)(F)F)ccc2OC[C@H](C)OP(=O)(O[C@@H](C)COc2ccc(C(F)(F)F)cc2C(=O)/N=c2\sc3ccncc3n2CCCC)O[C@@H](C)COc2ccc(C(F)(F)F)cc2C(=O)/N=c2\sc3ccncc3n2CCCC)sc2ccncc21. The van der Waals surface area contributed by atoms with Gasteiger partial charge in [-0.05, 0) is 113 Å². The minimum atomic E-state index is -5.12. The predicted octanol–water partition coefficient (Wildman–Crippen LogP) is 15.5. The maximum absolute atomic E-state index is 15.2. The van der Waals surface area contributed by atoms with Gasteiger partial charge in [-0.2, -0.15) is 54.5 Å². The number of ether oxygens (including phenoxy) is 3. The number of amides is 3. The summed E-state index contributed by atoms with van der Waals surface area (Å²) < 4.78 is 187. The number of phosphoric acid groups is 1. The van der Waals surface area contributed by atoms with Gasteiger partial charge in [0.2, 0.25) is 0 Å². The van der Waals surface area contributed by atoms with Crippen molar-refractivity contribution in [1.82, 2.24) is 28.7 Å². The molecule has 0 radical (unpaired) electrons. The van der Waals surface area contributed by atoms with Crippen molar-refractivity contribution in [3.63, 3.8) is 0 Å². The van der Waals surface area contributed by atoms with Crippen LogP contribution in [-0.4, -0.2) is 84.5 Å². The Morgan fingerprint density at radius 1 is 0.463 bits per heavy atom. The maximum atomic E-state index is 15.2. The highest BCUT2D eigenvalue weighted by Crippen LogP contribution is 2.53. The monoisotopic (exact) mass is 1400 g/mol. The second kappa shape index (κ2) is 30.9. The van der Waals surface area contributed by atoms with Crippen LogP contribution >= 0.6 is 41.8 Å². The van der Waals surface area contributed by atoms with Crippen LogP contribution in [0, 0.1) is 0 Å². The number of rotatable bonds is 27. The molecule has 95 heavy (non-hydrogen) atoms. The highest BCUT2D eigenvalue weighted by Gasteiger charge is 2.38. The van der Waals surface area contributed by atoms with Gasteiger partial charge in [0.15, 0.2) is 14.4 Å². The standard InChI is InChI=1S/C63H63F9N9O10PS3/c1-7-10-25-79-46-31-73-22-19-52(46)93-58(79)76-55(82)43-28-40(61(64,65)66)13-16-49(43)86-34-37(4)89-92(85,90-38(5)35-87-50-17-14-41(62(67,68)69)29-44(50)56(83)77-59-80(26-11-8-2)47-32-74-23-20-53(47)94-59)91-39(6)36-88-51-18-15-42(63(70,71)72)30-45(51)57(84)78-60-81(27-12-9-3)48-33-75-24-21-54(48)95-60/h13-24,28-33,37-39H,7-12,25-27,34-36H2,1-6H3/b76-58-,77-59-,78-60-/t37-,38-,39-/m0/s1. The van der Waals surface area contributed by atoms with E-state index < -0.39 is 133 Å². The van der Waals surface area contributed by atoms with Crippen LogP contribution in [0.25, 0.3) is 30.6 Å². The number of benzene rings is 3. The first-order chi connectivity index (χ1) is 45.2. The van der Waals surface area contributed by atoms with Crippen molar-refractivity contribution in [2.75, 3.05) is 19.8 Å². The van der Waals surface area contributed by atoms with Crippen molar-refractivity contribution >= 4 is 90.2 Å². The van der Waals surface area contributed by atoms with E-state index >= 15 is 4.57 Å². The largest absolute Gasteiger partial charge is 0.490 e. The molecule has 6 heterocycles. The summed E-state index contributed by atoms with van der Waals surface area (Å²) in [4.78, 5) is 68.1. The molecule has 0 aliphatic carbocycles. The van der Waals surface area contributed by atoms with E-state index in [-0.39, 0.29) is 14.4 Å². The fourth-order valence-electron chi connectivity index (χ4n) is 9.49. The van der Waals surface area contributed by atoms with Gasteiger partial charge in [-0.15, -0.1) is 0 Å². The number of thiazole rings is 3. The van der Waals surface area contributed by atoms with Crippen molar-refractivity contribution in [1.29, 1.82) is 0 Å². The first-order valence-electron chi connectivity index (χ1n) is 29.9. The smallest absolute Gasteiger partial charge is 0.475 e. The molecule has 0 saturated carbocycles. The molecule has 19 nitrogen and oxygen atoms in total. The van der Waals surface area contributed by atoms with E-state index in [1.54, 1.807) is 69.1 Å². The summed E-state index contributed by atoms with van der Waals surface area (Å²) in [6.45, 7) is 8.94. The number of aryl methyl sites for hydroxylation is 3. The first-order valence-corrected chi connectivity index (χ1v) is 33.8. The summed E-state index contributed by atoms with van der Waals surface area (Å²) in [5, 5.41) is 0. The number of alkyl halides is 9. The number of pyridine rings is 3. The number of nitrogens with zero attached hydrogens (tertiary/aromatic N) is 9. The summed E-state index contributed by atoms with van der Waals surface area (Å²) >= 11 is 3.34. The number of carbonyl (C=O) groups is 3. The van der Waals surface area contributed by atoms with Gasteiger partial charge >= 0.3 is 26.4 Å². The lowest BCUT2D eigenvalue weighted by molar-refractivity contribution is -0.138. The maximum Gasteiger partial charge on any atom is 0.475 e. The van der Waals surface area contributed by atoms with Gasteiger partial charge in [-0.3, -0.25) is 42.9 Å². The van der Waals surface area contributed by atoms with Gasteiger partial charge in [0.25, 0.3) is 17.7 Å². The molecule has 32 heteroatoms. The van der Waals surface area contributed by atoms with Crippen molar-refractivity contribution in [3.8, 4) is 17.2 Å². The van der Waals surface area contributed by atoms with E-state index in [1.165, 1.54) is 20.8 Å². The zero-order valence-corrected chi connectivity index (χ0v) is 55.1. The quantitative estimate of drug-likeness (QED) is 0.0346. The molecule has 3 amide bonds. The Morgan fingerprint density at radius 3 is 0.989 bits per heavy atom. The third kappa shape index (κ3) is 18.0. The van der Waals surface area contributed by atoms with Gasteiger partial charge in [-0.25, -0.2) is 4.57 Å². The summed E-state index contributed by atoms with van der Waals surface area (Å²) in [5.41, 5.74) is -3.49. The molecule has 0 fully saturated rings. The number of carbonyl (C=O) groups excluding carboxylic acids is 3. The van der Waals surface area contributed by atoms with Crippen molar-refractivity contribution in [3.05, 3.63) is 158 Å². The lowest BCUT2D eigenvalue weighted by atomic mass is 10.1. The number of fused-ring (bicyclic) bond motifs is 3. The molecule has 0 saturated heterocycles. The molecular formula is C63H63F9N9O10PS3. The van der Waals surface area contributed by atoms with Crippen LogP contribution in [-0.2, 0) is 56.3 Å². The third-order valence-corrected chi connectivity index (χ3v) is 19.2. The van der Waals surface area contributed by atoms with E-state index in [2.05, 4.69) is 29.9 Å². The molecule has 6 aromatic heterocycles. The van der Waals surface area contributed by atoms with Crippen LogP contribution in [0.3, 0.4) is 0 Å². The average molecular weight is 1400 g/mol. The molecule has 0 aliphatic heterocycles. The molecule has 0 spiro atoms. The Balaban J connectivity index is 1.01. The van der Waals surface area contributed by atoms with Crippen LogP contribution in [0.15, 0.2) is 125 Å². The van der Waals surface area contributed by atoms with Crippen LogP contribution in [0.4, 0.5) is 39.5 Å². The zero-order chi connectivity index (χ0) is 68.4. The van der Waals surface area contributed by atoms with E-state index in [9.17, 15) is 53.9 Å². The lowest BCUT2D eigenvalue weighted by Gasteiger charge is -2.27. The number of halogens is 9. The fourth-order valence-corrected chi connectivity index (χ4v) is 14.2. The summed E-state index contributed by atoms with van der Waals surface area (Å²) in [6, 6.07) is 11.6. The Morgan fingerprint density at radius 2 is 0.737 bits per heavy atom. The van der Waals surface area contributed by atoms with Crippen molar-refractivity contribution in [2.45, 2.75) is 137 Å². The number of aromatic nitrogens is 6. The minimum absolute atomic E-state index is 0.173. The topological polar surface area (TPSA) is 214 Å². The van der Waals surface area contributed by atoms with Crippen molar-refractivity contribution < 1.29 is 86.2 Å². The molecule has 0 aliphatic rings. The molecule has 3 aromatic carbocycles. The minimum Gasteiger partial charge on any atom is -0.490 e. The van der Waals surface area contributed by atoms with Crippen LogP contribution in [0.1, 0.15) is 128 Å². The fraction of sp³-hybridized carbons (Fsp3) is 0.381. The number of hydrogen-bond donors (Lipinski definition) is 0. The van der Waals surface area contributed by atoms with Crippen molar-refractivity contribution in [2.24, 2.45) is 15.0 Å². The highest BCUT2D eigenvalue weighted by molar-refractivity contribution is 7.48. The average Bonchev–Trinajstić information content (AvgIpc) is 1.78. The Hall–Kier alpha value is -7.93. The molecule has 3 atom stereocenters. The Bertz CT molecular complexity index is 4080. The second-order valence-electron chi connectivity index (χ2n) is 21.7. The Kier molecular flexibility index (Phi) is 23.2. The molecular weight excluding hydrogens is 1340 g/mol. The zero-order valence-electron chi connectivity index (χ0n) is 51.8. The molecule has 506 valence electrons. The lowest BCUT2D eigenvalue weighted by Crippen LogP contribution is -2.26. The van der Waals surface area contributed by atoms with E-state index in [0.717, 1.165) is 71.5 Å². The van der Waals surface area contributed by atoms with Gasteiger partial charge in [0, 0.05) is 38.2 Å².